The van der Waals surface area contributed by atoms with Crippen LogP contribution in [0.5, 0.6) is 0 Å². The zero-order valence-electron chi connectivity index (χ0n) is 20.9. The Kier molecular flexibility index (Phi) is 5.96. The van der Waals surface area contributed by atoms with E-state index >= 15 is 4.39 Å². The molecule has 3 fully saturated rings. The van der Waals surface area contributed by atoms with Crippen molar-refractivity contribution >= 4 is 6.09 Å². The second-order valence-corrected chi connectivity index (χ2v) is 11.6. The molecule has 0 radical (unpaired) electrons. The minimum absolute atomic E-state index is 0.0271. The normalized spacial score (nSPS) is 27.5. The molecule has 3 saturated heterocycles. The molecule has 34 heavy (non-hydrogen) atoms. The van der Waals surface area contributed by atoms with Crippen LogP contribution in [0.2, 0.25) is 0 Å². The number of aryl methyl sites for hydroxylation is 1. The van der Waals surface area contributed by atoms with Gasteiger partial charge in [0.2, 0.25) is 0 Å². The summed E-state index contributed by atoms with van der Waals surface area (Å²) in [6, 6.07) is 11.4. The lowest BCUT2D eigenvalue weighted by atomic mass is 9.68. The van der Waals surface area contributed by atoms with E-state index in [1.165, 1.54) is 5.56 Å². The van der Waals surface area contributed by atoms with Crippen molar-refractivity contribution in [2.45, 2.75) is 71.4 Å². The van der Waals surface area contributed by atoms with E-state index in [1.807, 2.05) is 18.2 Å². The summed E-state index contributed by atoms with van der Waals surface area (Å²) in [6.07, 6.45) is 2.94. The molecule has 1 N–H and O–H groups in total. The summed E-state index contributed by atoms with van der Waals surface area (Å²) in [4.78, 5) is 16.9. The smallest absolute Gasteiger partial charge is 0.408 e. The van der Waals surface area contributed by atoms with Gasteiger partial charge in [0.05, 0.1) is 12.1 Å². The first kappa shape index (κ1) is 23.3. The summed E-state index contributed by atoms with van der Waals surface area (Å²) in [5.74, 6) is 0.503. The Balaban J connectivity index is 1.58. The molecule has 4 aliphatic rings. The van der Waals surface area contributed by atoms with Gasteiger partial charge in [0.1, 0.15) is 5.82 Å². The van der Waals surface area contributed by atoms with Crippen molar-refractivity contribution in [1.82, 2.24) is 9.80 Å². The van der Waals surface area contributed by atoms with Crippen molar-refractivity contribution in [3.8, 4) is 11.1 Å². The lowest BCUT2D eigenvalue weighted by Crippen LogP contribution is -2.61. The van der Waals surface area contributed by atoms with Crippen LogP contribution in [0.25, 0.3) is 11.1 Å². The first-order chi connectivity index (χ1) is 16.2. The van der Waals surface area contributed by atoms with Crippen molar-refractivity contribution in [3.05, 3.63) is 58.9 Å². The van der Waals surface area contributed by atoms with Crippen molar-refractivity contribution in [1.29, 1.82) is 0 Å². The van der Waals surface area contributed by atoms with E-state index < -0.39 is 6.09 Å². The predicted molar refractivity (Wildman–Crippen MR) is 134 cm³/mol. The summed E-state index contributed by atoms with van der Waals surface area (Å²) >= 11 is 0. The van der Waals surface area contributed by atoms with Gasteiger partial charge in [0.25, 0.3) is 0 Å². The number of rotatable bonds is 4. The van der Waals surface area contributed by atoms with E-state index in [1.54, 1.807) is 11.0 Å². The second-order valence-electron chi connectivity index (χ2n) is 11.6. The number of halogens is 1. The van der Waals surface area contributed by atoms with Crippen LogP contribution in [0, 0.1) is 17.2 Å². The SMILES string of the molecule is CC(C)c1cccc(-c2cc3c(cc2F)[C@H](N(C(=O)O)[C@@H]2CN4CCC2CC4)C(C)(C)CC3)c1. The molecule has 0 saturated carbocycles. The third-order valence-electron chi connectivity index (χ3n) is 8.64. The highest BCUT2D eigenvalue weighted by Crippen LogP contribution is 2.50. The van der Waals surface area contributed by atoms with Crippen LogP contribution in [-0.4, -0.2) is 46.7 Å². The van der Waals surface area contributed by atoms with E-state index in [-0.39, 0.29) is 23.3 Å². The van der Waals surface area contributed by atoms with Crippen LogP contribution in [0.15, 0.2) is 36.4 Å². The van der Waals surface area contributed by atoms with E-state index in [0.717, 1.165) is 62.0 Å². The number of hydrogen-bond donors (Lipinski definition) is 1. The third-order valence-corrected chi connectivity index (χ3v) is 8.64. The van der Waals surface area contributed by atoms with Crippen LogP contribution in [0.1, 0.15) is 75.6 Å². The van der Waals surface area contributed by atoms with Gasteiger partial charge in [-0.25, -0.2) is 9.18 Å². The fraction of sp³-hybridized carbons (Fsp3) is 0.552. The van der Waals surface area contributed by atoms with E-state index in [0.29, 0.717) is 17.4 Å². The molecule has 0 spiro atoms. The Morgan fingerprint density at radius 2 is 1.91 bits per heavy atom. The molecular formula is C29H37FN2O2. The molecule has 182 valence electrons. The Morgan fingerprint density at radius 1 is 1.18 bits per heavy atom. The molecule has 5 heteroatoms. The second kappa shape index (κ2) is 8.67. The summed E-state index contributed by atoms with van der Waals surface area (Å²) < 4.78 is 15.7. The number of hydrogen-bond acceptors (Lipinski definition) is 2. The predicted octanol–water partition coefficient (Wildman–Crippen LogP) is 6.70. The molecule has 4 nitrogen and oxygen atoms in total. The zero-order chi connectivity index (χ0) is 24.2. The molecule has 1 aliphatic carbocycles. The molecule has 2 atom stereocenters. The number of benzene rings is 2. The topological polar surface area (TPSA) is 43.8 Å². The molecule has 3 heterocycles. The van der Waals surface area contributed by atoms with Gasteiger partial charge in [-0.05, 0) is 90.4 Å². The molecule has 0 aromatic heterocycles. The number of amides is 1. The van der Waals surface area contributed by atoms with Crippen LogP contribution in [0.3, 0.4) is 0 Å². The summed E-state index contributed by atoms with van der Waals surface area (Å²) in [5, 5.41) is 10.5. The van der Waals surface area contributed by atoms with Crippen molar-refractivity contribution in [2.75, 3.05) is 19.6 Å². The highest BCUT2D eigenvalue weighted by Gasteiger charge is 2.48. The Labute approximate surface area is 202 Å². The van der Waals surface area contributed by atoms with Gasteiger partial charge in [0, 0.05) is 12.1 Å². The lowest BCUT2D eigenvalue weighted by molar-refractivity contribution is -0.0353. The third kappa shape index (κ3) is 4.02. The molecule has 2 aromatic rings. The maximum Gasteiger partial charge on any atom is 0.408 e. The number of carbonyl (C=O) groups is 1. The molecule has 6 rings (SSSR count). The van der Waals surface area contributed by atoms with Gasteiger partial charge in [-0.2, -0.15) is 0 Å². The van der Waals surface area contributed by atoms with Crippen LogP contribution in [0.4, 0.5) is 9.18 Å². The number of nitrogens with zero attached hydrogens (tertiary/aromatic N) is 2. The monoisotopic (exact) mass is 464 g/mol. The maximum atomic E-state index is 15.7. The number of carboxylic acid groups (broad SMARTS) is 1. The van der Waals surface area contributed by atoms with Gasteiger partial charge < -0.3 is 10.0 Å². The van der Waals surface area contributed by atoms with Crippen LogP contribution in [-0.2, 0) is 6.42 Å². The standard InChI is InChI=1S/C29H37FN2O2/c1-18(2)20-6-5-7-21(14-20)23-15-22-8-11-29(3,4)27(24(22)16-25(23)30)32(28(33)34)26-17-31-12-9-19(26)10-13-31/h5-7,14-16,18-19,26-27H,8-13,17H2,1-4H3,(H,33,34)/t26-,27+/m1/s1. The van der Waals surface area contributed by atoms with Crippen LogP contribution < -0.4 is 0 Å². The average molecular weight is 465 g/mol. The molecule has 1 amide bonds. The molecule has 2 aromatic carbocycles. The number of fused-ring (bicyclic) bond motifs is 4. The van der Waals surface area contributed by atoms with E-state index in [4.69, 9.17) is 0 Å². The first-order valence-corrected chi connectivity index (χ1v) is 12.8. The van der Waals surface area contributed by atoms with E-state index in [2.05, 4.69) is 44.7 Å². The van der Waals surface area contributed by atoms with Gasteiger partial charge in [-0.1, -0.05) is 52.0 Å². The Hall–Kier alpha value is -2.40. The fourth-order valence-corrected chi connectivity index (χ4v) is 6.62. The Bertz CT molecular complexity index is 1090. The average Bonchev–Trinajstić information content (AvgIpc) is 2.81. The molecule has 0 unspecified atom stereocenters. The summed E-state index contributed by atoms with van der Waals surface area (Å²) in [6.45, 7) is 11.5. The fourth-order valence-electron chi connectivity index (χ4n) is 6.62. The highest BCUT2D eigenvalue weighted by molar-refractivity contribution is 5.69. The largest absolute Gasteiger partial charge is 0.465 e. The zero-order valence-corrected chi connectivity index (χ0v) is 20.9. The van der Waals surface area contributed by atoms with Gasteiger partial charge in [-0.3, -0.25) is 4.90 Å². The quantitative estimate of drug-likeness (QED) is 0.547. The van der Waals surface area contributed by atoms with Crippen LogP contribution >= 0.6 is 0 Å². The molecular weight excluding hydrogens is 427 g/mol. The first-order valence-electron chi connectivity index (χ1n) is 12.8. The molecule has 2 bridgehead atoms. The number of piperidine rings is 3. The van der Waals surface area contributed by atoms with Gasteiger partial charge >= 0.3 is 6.09 Å². The van der Waals surface area contributed by atoms with Crippen molar-refractivity contribution in [2.24, 2.45) is 11.3 Å². The minimum Gasteiger partial charge on any atom is -0.465 e. The summed E-state index contributed by atoms with van der Waals surface area (Å²) in [7, 11) is 0. The van der Waals surface area contributed by atoms with Crippen molar-refractivity contribution in [3.63, 3.8) is 0 Å². The molecule has 3 aliphatic heterocycles. The summed E-state index contributed by atoms with van der Waals surface area (Å²) in [5.41, 5.74) is 4.38. The van der Waals surface area contributed by atoms with E-state index in [9.17, 15) is 9.90 Å². The minimum atomic E-state index is -0.876. The highest BCUT2D eigenvalue weighted by atomic mass is 19.1. The maximum absolute atomic E-state index is 15.7. The van der Waals surface area contributed by atoms with Crippen molar-refractivity contribution < 1.29 is 14.3 Å². The lowest BCUT2D eigenvalue weighted by Gasteiger charge is -2.54. The Morgan fingerprint density at radius 3 is 2.53 bits per heavy atom. The van der Waals surface area contributed by atoms with Gasteiger partial charge in [-0.15, -0.1) is 0 Å². The van der Waals surface area contributed by atoms with Gasteiger partial charge in [0.15, 0.2) is 0 Å².